The van der Waals surface area contributed by atoms with Gasteiger partial charge in [-0.05, 0) is 18.2 Å². The number of anilines is 2. The van der Waals surface area contributed by atoms with E-state index in [-0.39, 0.29) is 18.1 Å². The lowest BCUT2D eigenvalue weighted by Crippen LogP contribution is -2.23. The Labute approximate surface area is 116 Å². The summed E-state index contributed by atoms with van der Waals surface area (Å²) < 4.78 is 31.5. The van der Waals surface area contributed by atoms with Crippen LogP contribution in [0.4, 0.5) is 11.4 Å². The van der Waals surface area contributed by atoms with Crippen molar-refractivity contribution in [2.45, 2.75) is 17.9 Å². The molecule has 20 heavy (non-hydrogen) atoms. The predicted molar refractivity (Wildman–Crippen MR) is 72.1 cm³/mol. The molecular formula is C11H16N2O6S. The van der Waals surface area contributed by atoms with Crippen molar-refractivity contribution in [2.75, 3.05) is 23.8 Å². The summed E-state index contributed by atoms with van der Waals surface area (Å²) in [6.07, 6.45) is -1.09. The minimum absolute atomic E-state index is 0.00579. The third-order valence-electron chi connectivity index (χ3n) is 2.32. The van der Waals surface area contributed by atoms with Gasteiger partial charge in [-0.15, -0.1) is 0 Å². The van der Waals surface area contributed by atoms with Gasteiger partial charge in [0.05, 0.1) is 18.4 Å². The summed E-state index contributed by atoms with van der Waals surface area (Å²) in [6, 6.07) is 3.74. The Morgan fingerprint density at radius 2 is 2.05 bits per heavy atom. The average Bonchev–Trinajstić information content (AvgIpc) is 2.33. The molecular weight excluding hydrogens is 288 g/mol. The highest BCUT2D eigenvalue weighted by atomic mass is 32.2. The van der Waals surface area contributed by atoms with Crippen molar-refractivity contribution >= 4 is 27.4 Å². The summed E-state index contributed by atoms with van der Waals surface area (Å²) in [5, 5.41) is 23.0. The molecule has 0 aliphatic heterocycles. The van der Waals surface area contributed by atoms with Gasteiger partial charge < -0.3 is 20.8 Å². The van der Waals surface area contributed by atoms with E-state index in [1.807, 2.05) is 0 Å². The molecule has 1 atom stereocenters. The van der Waals surface area contributed by atoms with E-state index in [1.54, 1.807) is 0 Å². The molecule has 112 valence electrons. The normalized spacial score (nSPS) is 12.8. The maximum absolute atomic E-state index is 11.2. The summed E-state index contributed by atoms with van der Waals surface area (Å²) in [4.78, 5) is 10.6. The summed E-state index contributed by atoms with van der Waals surface area (Å²) in [7, 11) is -4.45. The summed E-state index contributed by atoms with van der Waals surface area (Å²) in [5.74, 6) is -0.342. The molecule has 0 fully saturated rings. The lowest BCUT2D eigenvalue weighted by Gasteiger charge is -2.14. The number of carbonyl (C=O) groups excluding carboxylic acids is 1. The van der Waals surface area contributed by atoms with Gasteiger partial charge in [0.2, 0.25) is 5.91 Å². The van der Waals surface area contributed by atoms with Crippen molar-refractivity contribution in [3.8, 4) is 0 Å². The Morgan fingerprint density at radius 3 is 2.55 bits per heavy atom. The van der Waals surface area contributed by atoms with Crippen LogP contribution in [0.2, 0.25) is 0 Å². The van der Waals surface area contributed by atoms with E-state index in [1.165, 1.54) is 19.1 Å². The lowest BCUT2D eigenvalue weighted by atomic mass is 10.2. The zero-order valence-corrected chi connectivity index (χ0v) is 11.5. The predicted octanol–water partition coefficient (Wildman–Crippen LogP) is -0.343. The van der Waals surface area contributed by atoms with Crippen LogP contribution in [0.3, 0.4) is 0 Å². The molecule has 0 bridgehead atoms. The molecule has 8 nitrogen and oxygen atoms in total. The monoisotopic (exact) mass is 304 g/mol. The molecule has 1 rings (SSSR count). The Balaban J connectivity index is 3.09. The number of aliphatic hydroxyl groups excluding tert-OH is 2. The zero-order chi connectivity index (χ0) is 15.3. The van der Waals surface area contributed by atoms with Gasteiger partial charge in [-0.1, -0.05) is 0 Å². The number of amides is 1. The van der Waals surface area contributed by atoms with Crippen molar-refractivity contribution in [1.29, 1.82) is 0 Å². The van der Waals surface area contributed by atoms with E-state index in [0.717, 1.165) is 6.07 Å². The van der Waals surface area contributed by atoms with E-state index < -0.39 is 27.7 Å². The van der Waals surface area contributed by atoms with Gasteiger partial charge in [-0.3, -0.25) is 9.35 Å². The molecule has 0 radical (unpaired) electrons. The minimum atomic E-state index is -4.45. The molecule has 1 aromatic rings. The molecule has 0 spiro atoms. The molecule has 1 unspecified atom stereocenters. The van der Waals surface area contributed by atoms with Gasteiger partial charge in [0.25, 0.3) is 10.1 Å². The highest BCUT2D eigenvalue weighted by Gasteiger charge is 2.17. The molecule has 9 heteroatoms. The van der Waals surface area contributed by atoms with Gasteiger partial charge in [-0.25, -0.2) is 0 Å². The number of benzene rings is 1. The fraction of sp³-hybridized carbons (Fsp3) is 0.364. The van der Waals surface area contributed by atoms with Crippen molar-refractivity contribution in [1.82, 2.24) is 0 Å². The Morgan fingerprint density at radius 1 is 1.40 bits per heavy atom. The van der Waals surface area contributed by atoms with Crippen LogP contribution in [-0.4, -0.2) is 48.3 Å². The summed E-state index contributed by atoms with van der Waals surface area (Å²) in [6.45, 7) is 0.668. The number of nitrogens with one attached hydrogen (secondary N) is 2. The Hall–Kier alpha value is -1.68. The molecule has 0 saturated carbocycles. The number of hydrogen-bond donors (Lipinski definition) is 5. The molecule has 5 N–H and O–H groups in total. The molecule has 0 saturated heterocycles. The fourth-order valence-corrected chi connectivity index (χ4v) is 2.12. The van der Waals surface area contributed by atoms with Crippen LogP contribution < -0.4 is 10.6 Å². The minimum Gasteiger partial charge on any atom is -0.394 e. The van der Waals surface area contributed by atoms with Crippen LogP contribution in [-0.2, 0) is 14.9 Å². The molecule has 0 aromatic heterocycles. The Kier molecular flexibility index (Phi) is 5.45. The van der Waals surface area contributed by atoms with Gasteiger partial charge in [0.1, 0.15) is 4.90 Å². The molecule has 0 aliphatic carbocycles. The second-order valence-electron chi connectivity index (χ2n) is 4.08. The lowest BCUT2D eigenvalue weighted by molar-refractivity contribution is -0.114. The van der Waals surface area contributed by atoms with Crippen molar-refractivity contribution in [3.63, 3.8) is 0 Å². The first-order chi connectivity index (χ1) is 9.24. The van der Waals surface area contributed by atoms with Crippen LogP contribution in [0.15, 0.2) is 23.1 Å². The van der Waals surface area contributed by atoms with Crippen molar-refractivity contribution < 1.29 is 28.0 Å². The van der Waals surface area contributed by atoms with Crippen LogP contribution in [0.5, 0.6) is 0 Å². The second kappa shape index (κ2) is 6.66. The summed E-state index contributed by atoms with van der Waals surface area (Å²) in [5.41, 5.74) is 0.331. The van der Waals surface area contributed by atoms with Crippen LogP contribution in [0, 0.1) is 0 Å². The van der Waals surface area contributed by atoms with E-state index in [0.29, 0.717) is 5.69 Å². The molecule has 0 heterocycles. The third kappa shape index (κ3) is 4.78. The van der Waals surface area contributed by atoms with Crippen LogP contribution >= 0.6 is 0 Å². The van der Waals surface area contributed by atoms with Crippen molar-refractivity contribution in [3.05, 3.63) is 18.2 Å². The number of rotatable bonds is 6. The first-order valence-corrected chi connectivity index (χ1v) is 7.10. The van der Waals surface area contributed by atoms with Crippen LogP contribution in [0.25, 0.3) is 0 Å². The first-order valence-electron chi connectivity index (χ1n) is 5.66. The number of aliphatic hydroxyl groups is 2. The maximum atomic E-state index is 11.2. The van der Waals surface area contributed by atoms with E-state index in [9.17, 15) is 18.3 Å². The van der Waals surface area contributed by atoms with E-state index >= 15 is 0 Å². The molecule has 1 amide bonds. The first kappa shape index (κ1) is 16.4. The maximum Gasteiger partial charge on any atom is 0.296 e. The smallest absolute Gasteiger partial charge is 0.296 e. The van der Waals surface area contributed by atoms with E-state index in [4.69, 9.17) is 9.66 Å². The highest BCUT2D eigenvalue weighted by molar-refractivity contribution is 7.86. The largest absolute Gasteiger partial charge is 0.394 e. The van der Waals surface area contributed by atoms with Crippen molar-refractivity contribution in [2.24, 2.45) is 0 Å². The van der Waals surface area contributed by atoms with Gasteiger partial charge >= 0.3 is 0 Å². The van der Waals surface area contributed by atoms with Gasteiger partial charge in [-0.2, -0.15) is 8.42 Å². The van der Waals surface area contributed by atoms with Gasteiger partial charge in [0.15, 0.2) is 0 Å². The number of carbonyl (C=O) groups is 1. The summed E-state index contributed by atoms with van der Waals surface area (Å²) >= 11 is 0. The molecule has 0 aliphatic rings. The Bertz CT molecular complexity index is 587. The standard InChI is InChI=1S/C11H16N2O6S/c1-7(15)13-8-2-3-11(20(17,18)19)10(4-8)12-5-9(16)6-14/h2-4,9,12,14,16H,5-6H2,1H3,(H,13,15)(H,17,18,19). The SMILES string of the molecule is CC(=O)Nc1ccc(S(=O)(=O)O)c(NCC(O)CO)c1. The third-order valence-corrected chi connectivity index (χ3v) is 3.23. The van der Waals surface area contributed by atoms with Gasteiger partial charge in [0, 0.05) is 19.2 Å². The van der Waals surface area contributed by atoms with E-state index in [2.05, 4.69) is 10.6 Å². The van der Waals surface area contributed by atoms with Crippen LogP contribution in [0.1, 0.15) is 6.92 Å². The molecule has 1 aromatic carbocycles. The zero-order valence-electron chi connectivity index (χ0n) is 10.7. The second-order valence-corrected chi connectivity index (χ2v) is 5.47. The topological polar surface area (TPSA) is 136 Å². The highest BCUT2D eigenvalue weighted by Crippen LogP contribution is 2.25. The number of hydrogen-bond acceptors (Lipinski definition) is 6. The quantitative estimate of drug-likeness (QED) is 0.453. The fourth-order valence-electron chi connectivity index (χ4n) is 1.47. The average molecular weight is 304 g/mol.